The maximum Gasteiger partial charge on any atom is 0.0389 e. The highest BCUT2D eigenvalue weighted by Gasteiger charge is 2.19. The van der Waals surface area contributed by atoms with Crippen LogP contribution in [-0.4, -0.2) is 30.4 Å². The Hall–Kier alpha value is -0.830. The molecule has 0 aromatic heterocycles. The molecule has 1 aliphatic heterocycles. The summed E-state index contributed by atoms with van der Waals surface area (Å²) < 4.78 is 0. The Bertz CT molecular complexity index is 192. The summed E-state index contributed by atoms with van der Waals surface area (Å²) >= 11 is 0. The van der Waals surface area contributed by atoms with E-state index in [2.05, 4.69) is 25.0 Å². The Morgan fingerprint density at radius 3 is 2.50 bits per heavy atom. The molecule has 0 aromatic carbocycles. The van der Waals surface area contributed by atoms with Crippen molar-refractivity contribution in [3.8, 4) is 0 Å². The zero-order chi connectivity index (χ0) is 9.19. The van der Waals surface area contributed by atoms with Gasteiger partial charge in [-0.25, -0.2) is 10.1 Å². The van der Waals surface area contributed by atoms with Crippen molar-refractivity contribution in [3.05, 3.63) is 12.3 Å². The lowest BCUT2D eigenvalue weighted by molar-refractivity contribution is 0.0822. The number of rotatable bonds is 2. The van der Waals surface area contributed by atoms with E-state index in [1.54, 1.807) is 0 Å². The predicted molar refractivity (Wildman–Crippen MR) is 51.6 cm³/mol. The van der Waals surface area contributed by atoms with Crippen LogP contribution in [0, 0.1) is 5.41 Å². The number of hydrazine groups is 1. The fraction of sp³-hybridized carbons (Fsp3) is 0.667. The Balaban J connectivity index is 2.66. The standard InChI is InChI=1S/C9H17N3/c1-5-9(2)6-7-12(10-8-9)11(3)4/h6-8H,5H2,1-4H3. The van der Waals surface area contributed by atoms with Gasteiger partial charge in [0.05, 0.1) is 0 Å². The molecule has 0 aliphatic carbocycles. The van der Waals surface area contributed by atoms with Crippen LogP contribution in [0.5, 0.6) is 0 Å². The summed E-state index contributed by atoms with van der Waals surface area (Å²) in [6, 6.07) is 0. The van der Waals surface area contributed by atoms with Crippen LogP contribution in [-0.2, 0) is 0 Å². The first-order chi connectivity index (χ1) is 5.57. The van der Waals surface area contributed by atoms with Gasteiger partial charge in [-0.1, -0.05) is 19.9 Å². The van der Waals surface area contributed by atoms with Crippen LogP contribution in [0.4, 0.5) is 0 Å². The normalized spacial score (nSPS) is 28.6. The summed E-state index contributed by atoms with van der Waals surface area (Å²) in [6.45, 7) is 4.35. The van der Waals surface area contributed by atoms with Crippen molar-refractivity contribution < 1.29 is 0 Å². The average molecular weight is 167 g/mol. The summed E-state index contributed by atoms with van der Waals surface area (Å²) in [4.78, 5) is 0. The zero-order valence-corrected chi connectivity index (χ0v) is 8.28. The van der Waals surface area contributed by atoms with Crippen molar-refractivity contribution in [2.24, 2.45) is 10.5 Å². The Morgan fingerprint density at radius 1 is 1.50 bits per heavy atom. The lowest BCUT2D eigenvalue weighted by Crippen LogP contribution is -2.32. The average Bonchev–Trinajstić information content (AvgIpc) is 2.05. The van der Waals surface area contributed by atoms with Crippen molar-refractivity contribution in [3.63, 3.8) is 0 Å². The quantitative estimate of drug-likeness (QED) is 0.623. The second-order valence-electron chi connectivity index (χ2n) is 3.59. The largest absolute Gasteiger partial charge is 0.207 e. The molecule has 1 unspecified atom stereocenters. The van der Waals surface area contributed by atoms with Crippen LogP contribution in [0.3, 0.4) is 0 Å². The van der Waals surface area contributed by atoms with Gasteiger partial charge in [0.2, 0.25) is 0 Å². The van der Waals surface area contributed by atoms with Crippen molar-refractivity contribution in [2.75, 3.05) is 14.1 Å². The van der Waals surface area contributed by atoms with Gasteiger partial charge >= 0.3 is 0 Å². The van der Waals surface area contributed by atoms with Crippen molar-refractivity contribution in [1.82, 2.24) is 10.1 Å². The maximum absolute atomic E-state index is 4.30. The molecule has 0 saturated heterocycles. The molecule has 0 fully saturated rings. The smallest absolute Gasteiger partial charge is 0.0389 e. The van der Waals surface area contributed by atoms with Gasteiger partial charge in [0, 0.05) is 31.9 Å². The number of hydrogen-bond acceptors (Lipinski definition) is 3. The monoisotopic (exact) mass is 167 g/mol. The van der Waals surface area contributed by atoms with Crippen LogP contribution in [0.2, 0.25) is 0 Å². The minimum atomic E-state index is 0.145. The van der Waals surface area contributed by atoms with Gasteiger partial charge in [-0.15, -0.1) is 0 Å². The molecule has 0 saturated carbocycles. The van der Waals surface area contributed by atoms with Crippen LogP contribution in [0.15, 0.2) is 17.4 Å². The third-order valence-electron chi connectivity index (χ3n) is 2.23. The lowest BCUT2D eigenvalue weighted by atomic mass is 9.89. The third-order valence-corrected chi connectivity index (χ3v) is 2.23. The van der Waals surface area contributed by atoms with Crippen LogP contribution in [0.1, 0.15) is 20.3 Å². The first-order valence-electron chi connectivity index (χ1n) is 4.28. The van der Waals surface area contributed by atoms with E-state index >= 15 is 0 Å². The number of hydrazone groups is 1. The predicted octanol–water partition coefficient (Wildman–Crippen LogP) is 1.69. The summed E-state index contributed by atoms with van der Waals surface area (Å²) in [6.07, 6.45) is 7.27. The van der Waals surface area contributed by atoms with E-state index < -0.39 is 0 Å². The van der Waals surface area contributed by atoms with Gasteiger partial charge in [0.15, 0.2) is 0 Å². The van der Waals surface area contributed by atoms with Crippen molar-refractivity contribution in [2.45, 2.75) is 20.3 Å². The Labute approximate surface area is 74.3 Å². The maximum atomic E-state index is 4.30. The molecule has 12 heavy (non-hydrogen) atoms. The van der Waals surface area contributed by atoms with E-state index in [-0.39, 0.29) is 5.41 Å². The van der Waals surface area contributed by atoms with E-state index in [1.807, 2.05) is 36.6 Å². The second kappa shape index (κ2) is 3.27. The van der Waals surface area contributed by atoms with E-state index in [0.29, 0.717) is 0 Å². The topological polar surface area (TPSA) is 18.8 Å². The molecule has 3 heteroatoms. The molecule has 68 valence electrons. The van der Waals surface area contributed by atoms with E-state index in [4.69, 9.17) is 0 Å². The van der Waals surface area contributed by atoms with Crippen LogP contribution < -0.4 is 0 Å². The van der Waals surface area contributed by atoms with Crippen LogP contribution >= 0.6 is 0 Å². The van der Waals surface area contributed by atoms with Gasteiger partial charge in [-0.3, -0.25) is 0 Å². The summed E-state index contributed by atoms with van der Waals surface area (Å²) in [5, 5.41) is 8.05. The molecule has 1 aliphatic rings. The molecule has 0 amide bonds. The minimum absolute atomic E-state index is 0.145. The highest BCUT2D eigenvalue weighted by molar-refractivity contribution is 5.68. The molecule has 1 atom stereocenters. The van der Waals surface area contributed by atoms with E-state index in [1.165, 1.54) is 0 Å². The zero-order valence-electron chi connectivity index (χ0n) is 8.28. The third kappa shape index (κ3) is 1.85. The van der Waals surface area contributed by atoms with Gasteiger partial charge < -0.3 is 0 Å². The summed E-state index contributed by atoms with van der Waals surface area (Å²) in [7, 11) is 3.94. The highest BCUT2D eigenvalue weighted by Crippen LogP contribution is 2.23. The fourth-order valence-corrected chi connectivity index (χ4v) is 0.955. The van der Waals surface area contributed by atoms with Crippen molar-refractivity contribution in [1.29, 1.82) is 0 Å². The number of allylic oxidation sites excluding steroid dienone is 1. The molecule has 1 rings (SSSR count). The molecule has 0 N–H and O–H groups in total. The Kier molecular flexibility index (Phi) is 2.52. The summed E-state index contributed by atoms with van der Waals surface area (Å²) in [5.41, 5.74) is 0.145. The summed E-state index contributed by atoms with van der Waals surface area (Å²) in [5.74, 6) is 0. The van der Waals surface area contributed by atoms with Gasteiger partial charge in [0.1, 0.15) is 0 Å². The number of nitrogens with zero attached hydrogens (tertiary/aromatic N) is 3. The van der Waals surface area contributed by atoms with Crippen molar-refractivity contribution >= 4 is 6.21 Å². The molecular formula is C9H17N3. The van der Waals surface area contributed by atoms with Crippen LogP contribution in [0.25, 0.3) is 0 Å². The first kappa shape index (κ1) is 9.26. The molecule has 3 nitrogen and oxygen atoms in total. The lowest BCUT2D eigenvalue weighted by Gasteiger charge is -2.29. The molecule has 0 bridgehead atoms. The minimum Gasteiger partial charge on any atom is -0.207 e. The number of hydrogen-bond donors (Lipinski definition) is 0. The molecule has 0 spiro atoms. The van der Waals surface area contributed by atoms with E-state index in [0.717, 1.165) is 6.42 Å². The fourth-order valence-electron chi connectivity index (χ4n) is 0.955. The van der Waals surface area contributed by atoms with Gasteiger partial charge in [0.25, 0.3) is 0 Å². The highest BCUT2D eigenvalue weighted by atomic mass is 15.8. The molecule has 0 radical (unpaired) electrons. The van der Waals surface area contributed by atoms with Gasteiger partial charge in [-0.2, -0.15) is 5.10 Å². The first-order valence-corrected chi connectivity index (χ1v) is 4.28. The Morgan fingerprint density at radius 2 is 2.17 bits per heavy atom. The SMILES string of the molecule is CCC1(C)C=CN(N(C)C)N=C1. The second-order valence-corrected chi connectivity index (χ2v) is 3.59. The molecule has 0 aromatic rings. The van der Waals surface area contributed by atoms with Gasteiger partial charge in [-0.05, 0) is 6.42 Å². The van der Waals surface area contributed by atoms with E-state index in [9.17, 15) is 0 Å². The molecule has 1 heterocycles. The molecular weight excluding hydrogens is 150 g/mol.